The lowest BCUT2D eigenvalue weighted by Gasteiger charge is -2.14. The van der Waals surface area contributed by atoms with Crippen LogP contribution in [-0.2, 0) is 12.4 Å². The van der Waals surface area contributed by atoms with E-state index in [1.165, 1.54) is 12.3 Å². The zero-order valence-corrected chi connectivity index (χ0v) is 11.5. The van der Waals surface area contributed by atoms with Gasteiger partial charge in [-0.15, -0.1) is 5.10 Å². The fraction of sp³-hybridized carbons (Fsp3) is 0.154. The number of fused-ring (bicyclic) bond motifs is 1. The van der Waals surface area contributed by atoms with Gasteiger partial charge >= 0.3 is 12.4 Å². The van der Waals surface area contributed by atoms with Crippen LogP contribution < -0.4 is 5.73 Å². The molecule has 0 aliphatic heterocycles. The van der Waals surface area contributed by atoms with E-state index in [0.717, 1.165) is 4.52 Å². The van der Waals surface area contributed by atoms with Crippen molar-refractivity contribution in [2.24, 2.45) is 0 Å². The molecule has 2 N–H and O–H groups in total. The molecule has 0 aliphatic carbocycles. The third-order valence-electron chi connectivity index (χ3n) is 3.12. The van der Waals surface area contributed by atoms with E-state index in [4.69, 9.17) is 5.73 Å². The van der Waals surface area contributed by atoms with Crippen molar-refractivity contribution in [1.82, 2.24) is 19.6 Å². The molecule has 5 nitrogen and oxygen atoms in total. The van der Waals surface area contributed by atoms with Crippen LogP contribution in [0.3, 0.4) is 0 Å². The normalized spacial score (nSPS) is 12.8. The third kappa shape index (κ3) is 2.84. The molecule has 0 saturated carbocycles. The summed E-state index contributed by atoms with van der Waals surface area (Å²) >= 11 is 0. The smallest absolute Gasteiger partial charge is 0.366 e. The van der Waals surface area contributed by atoms with Gasteiger partial charge in [0, 0.05) is 17.8 Å². The maximum Gasteiger partial charge on any atom is 0.416 e. The Kier molecular flexibility index (Phi) is 3.39. The number of nitrogens with zero attached hydrogens (tertiary/aromatic N) is 4. The van der Waals surface area contributed by atoms with Gasteiger partial charge in [0.25, 0.3) is 0 Å². The lowest BCUT2D eigenvalue weighted by molar-refractivity contribution is -0.143. The highest BCUT2D eigenvalue weighted by Gasteiger charge is 2.37. The summed E-state index contributed by atoms with van der Waals surface area (Å²) in [4.78, 5) is 7.59. The Balaban J connectivity index is 2.30. The standard InChI is InChI=1S/C13H7F6N5/c14-12(15,16)7-3-6(4-8(5-7)13(17,18)19)10-21-2-1-9-22-11(20)23-24(9)10/h1-5H,(H2,20,23). The Morgan fingerprint density at radius 2 is 1.50 bits per heavy atom. The van der Waals surface area contributed by atoms with Crippen molar-refractivity contribution >= 4 is 11.6 Å². The van der Waals surface area contributed by atoms with Gasteiger partial charge in [-0.1, -0.05) is 0 Å². The van der Waals surface area contributed by atoms with Gasteiger partial charge < -0.3 is 5.73 Å². The molecule has 0 amide bonds. The van der Waals surface area contributed by atoms with Crippen molar-refractivity contribution < 1.29 is 26.3 Å². The minimum Gasteiger partial charge on any atom is -0.366 e. The van der Waals surface area contributed by atoms with E-state index in [9.17, 15) is 26.3 Å². The van der Waals surface area contributed by atoms with Crippen molar-refractivity contribution in [3.8, 4) is 11.4 Å². The monoisotopic (exact) mass is 347 g/mol. The first kappa shape index (κ1) is 16.0. The number of nitrogen functional groups attached to an aromatic ring is 1. The number of benzene rings is 1. The van der Waals surface area contributed by atoms with Gasteiger partial charge in [0.1, 0.15) is 0 Å². The van der Waals surface area contributed by atoms with Crippen LogP contribution in [0.4, 0.5) is 32.3 Å². The summed E-state index contributed by atoms with van der Waals surface area (Å²) < 4.78 is 78.5. The second-order valence-corrected chi connectivity index (χ2v) is 4.80. The van der Waals surface area contributed by atoms with Crippen LogP contribution in [0, 0.1) is 0 Å². The Bertz CT molecular complexity index is 879. The molecule has 3 aromatic rings. The zero-order chi connectivity index (χ0) is 17.7. The Hall–Kier alpha value is -2.85. The van der Waals surface area contributed by atoms with E-state index in [0.29, 0.717) is 12.1 Å². The highest BCUT2D eigenvalue weighted by atomic mass is 19.4. The first-order valence-corrected chi connectivity index (χ1v) is 6.33. The summed E-state index contributed by atoms with van der Waals surface area (Å²) in [6.45, 7) is 0. The largest absolute Gasteiger partial charge is 0.416 e. The molecule has 2 aromatic heterocycles. The molecule has 0 spiro atoms. The van der Waals surface area contributed by atoms with Gasteiger partial charge in [0.2, 0.25) is 5.95 Å². The van der Waals surface area contributed by atoms with Crippen LogP contribution in [0.2, 0.25) is 0 Å². The van der Waals surface area contributed by atoms with Crippen LogP contribution in [0.25, 0.3) is 17.0 Å². The van der Waals surface area contributed by atoms with Crippen molar-refractivity contribution in [2.75, 3.05) is 5.73 Å². The average molecular weight is 347 g/mol. The van der Waals surface area contributed by atoms with Gasteiger partial charge in [-0.05, 0) is 18.2 Å². The summed E-state index contributed by atoms with van der Waals surface area (Å²) in [5.41, 5.74) is 2.25. The summed E-state index contributed by atoms with van der Waals surface area (Å²) in [5.74, 6) is -0.430. The minimum absolute atomic E-state index is 0.0410. The molecule has 0 saturated heterocycles. The number of hydrogen-bond donors (Lipinski definition) is 1. The summed E-state index contributed by atoms with van der Waals surface area (Å²) in [6, 6.07) is 2.54. The predicted octanol–water partition coefficient (Wildman–Crippen LogP) is 3.41. The molecule has 0 fully saturated rings. The lowest BCUT2D eigenvalue weighted by Crippen LogP contribution is -2.11. The van der Waals surface area contributed by atoms with E-state index in [1.807, 2.05) is 0 Å². The Morgan fingerprint density at radius 3 is 2.04 bits per heavy atom. The summed E-state index contributed by atoms with van der Waals surface area (Å²) in [6.07, 6.45) is -8.72. The number of alkyl halides is 6. The quantitative estimate of drug-likeness (QED) is 0.685. The maximum absolute atomic E-state index is 12.9. The van der Waals surface area contributed by atoms with E-state index in [2.05, 4.69) is 15.1 Å². The van der Waals surface area contributed by atoms with E-state index in [1.54, 1.807) is 0 Å². The van der Waals surface area contributed by atoms with Crippen molar-refractivity contribution in [1.29, 1.82) is 0 Å². The predicted molar refractivity (Wildman–Crippen MR) is 70.6 cm³/mol. The molecular formula is C13H7F6N5. The summed E-state index contributed by atoms with van der Waals surface area (Å²) in [7, 11) is 0. The fourth-order valence-corrected chi connectivity index (χ4v) is 2.11. The molecule has 11 heteroatoms. The molecular weight excluding hydrogens is 340 g/mol. The molecule has 0 aliphatic rings. The minimum atomic E-state index is -4.95. The van der Waals surface area contributed by atoms with Crippen LogP contribution in [0.15, 0.2) is 30.5 Å². The van der Waals surface area contributed by atoms with Gasteiger partial charge in [-0.3, -0.25) is 0 Å². The number of nitrogens with two attached hydrogens (primary N) is 1. The van der Waals surface area contributed by atoms with Gasteiger partial charge in [0.15, 0.2) is 11.5 Å². The van der Waals surface area contributed by atoms with Gasteiger partial charge in [0.05, 0.1) is 11.1 Å². The number of anilines is 1. The molecule has 0 radical (unpaired) electrons. The number of aromatic nitrogens is 4. The number of halogens is 6. The molecule has 0 atom stereocenters. The highest BCUT2D eigenvalue weighted by Crippen LogP contribution is 2.38. The van der Waals surface area contributed by atoms with Crippen molar-refractivity contribution in [3.05, 3.63) is 41.6 Å². The maximum atomic E-state index is 12.9. The Labute approximate surface area is 129 Å². The SMILES string of the molecule is Nc1nc2ccnc(-c3cc(C(F)(F)F)cc(C(F)(F)F)c3)n2n1. The van der Waals surface area contributed by atoms with Crippen LogP contribution >= 0.6 is 0 Å². The Morgan fingerprint density at radius 1 is 0.917 bits per heavy atom. The second kappa shape index (κ2) is 5.08. The highest BCUT2D eigenvalue weighted by molar-refractivity contribution is 5.62. The van der Waals surface area contributed by atoms with Crippen molar-refractivity contribution in [3.63, 3.8) is 0 Å². The fourth-order valence-electron chi connectivity index (χ4n) is 2.11. The van der Waals surface area contributed by atoms with E-state index in [-0.39, 0.29) is 23.5 Å². The lowest BCUT2D eigenvalue weighted by atomic mass is 10.0. The topological polar surface area (TPSA) is 69.1 Å². The van der Waals surface area contributed by atoms with E-state index < -0.39 is 29.0 Å². The number of rotatable bonds is 1. The first-order chi connectivity index (χ1) is 11.1. The van der Waals surface area contributed by atoms with Crippen LogP contribution in [-0.4, -0.2) is 19.6 Å². The molecule has 24 heavy (non-hydrogen) atoms. The van der Waals surface area contributed by atoms with E-state index >= 15 is 0 Å². The average Bonchev–Trinajstić information content (AvgIpc) is 2.84. The molecule has 0 unspecified atom stereocenters. The molecule has 0 bridgehead atoms. The molecule has 2 heterocycles. The third-order valence-corrected chi connectivity index (χ3v) is 3.12. The molecule has 126 valence electrons. The van der Waals surface area contributed by atoms with Gasteiger partial charge in [-0.2, -0.15) is 35.8 Å². The first-order valence-electron chi connectivity index (χ1n) is 6.33. The summed E-state index contributed by atoms with van der Waals surface area (Å²) in [5, 5.41) is 3.73. The molecule has 3 rings (SSSR count). The van der Waals surface area contributed by atoms with Crippen LogP contribution in [0.1, 0.15) is 11.1 Å². The molecule has 1 aromatic carbocycles. The second-order valence-electron chi connectivity index (χ2n) is 4.80. The number of hydrogen-bond acceptors (Lipinski definition) is 4. The van der Waals surface area contributed by atoms with Crippen LogP contribution in [0.5, 0.6) is 0 Å². The van der Waals surface area contributed by atoms with Gasteiger partial charge in [-0.25, -0.2) is 4.98 Å². The zero-order valence-electron chi connectivity index (χ0n) is 11.5. The van der Waals surface area contributed by atoms with Crippen molar-refractivity contribution in [2.45, 2.75) is 12.4 Å².